The van der Waals surface area contributed by atoms with Crippen molar-refractivity contribution in [2.45, 2.75) is 46.4 Å². The molecule has 1 N–H and O–H groups in total. The summed E-state index contributed by atoms with van der Waals surface area (Å²) in [5, 5.41) is 3.01. The van der Waals surface area contributed by atoms with E-state index in [1.165, 1.54) is 0 Å². The normalized spacial score (nSPS) is 11.5. The van der Waals surface area contributed by atoms with E-state index in [0.29, 0.717) is 19.8 Å². The van der Waals surface area contributed by atoms with Crippen molar-refractivity contribution >= 4 is 11.7 Å². The van der Waals surface area contributed by atoms with Crippen molar-refractivity contribution in [1.82, 2.24) is 4.90 Å². The molecule has 3 aromatic rings. The highest BCUT2D eigenvalue weighted by atomic mass is 16.5. The van der Waals surface area contributed by atoms with Crippen LogP contribution in [-0.4, -0.2) is 23.6 Å². The number of ether oxygens (including phenoxy) is 2. The van der Waals surface area contributed by atoms with E-state index >= 15 is 0 Å². The van der Waals surface area contributed by atoms with E-state index in [4.69, 9.17) is 9.47 Å². The summed E-state index contributed by atoms with van der Waals surface area (Å²) in [7, 11) is 0. The summed E-state index contributed by atoms with van der Waals surface area (Å²) in [4.78, 5) is 14.9. The number of amides is 2. The lowest BCUT2D eigenvalue weighted by atomic mass is 10.1. The molecule has 5 nitrogen and oxygen atoms in total. The molecule has 0 saturated carbocycles. The van der Waals surface area contributed by atoms with E-state index in [9.17, 15) is 4.79 Å². The van der Waals surface area contributed by atoms with Crippen LogP contribution in [0.4, 0.5) is 10.5 Å². The predicted molar refractivity (Wildman–Crippen MR) is 129 cm³/mol. The van der Waals surface area contributed by atoms with Gasteiger partial charge in [0.25, 0.3) is 0 Å². The zero-order valence-corrected chi connectivity index (χ0v) is 19.1. The zero-order valence-electron chi connectivity index (χ0n) is 19.1. The molecule has 0 aromatic heterocycles. The highest BCUT2D eigenvalue weighted by molar-refractivity contribution is 5.89. The maximum absolute atomic E-state index is 13.1. The van der Waals surface area contributed by atoms with Gasteiger partial charge in [-0.15, -0.1) is 0 Å². The molecule has 0 radical (unpaired) electrons. The molecule has 1 atom stereocenters. The van der Waals surface area contributed by atoms with E-state index < -0.39 is 0 Å². The number of anilines is 1. The number of rotatable bonds is 10. The lowest BCUT2D eigenvalue weighted by molar-refractivity contribution is 0.187. The Bertz CT molecular complexity index is 974. The molecule has 0 heterocycles. The van der Waals surface area contributed by atoms with E-state index in [1.54, 1.807) is 0 Å². The summed E-state index contributed by atoms with van der Waals surface area (Å²) in [6.07, 6.45) is 0.862. The van der Waals surface area contributed by atoms with Crippen LogP contribution in [0.25, 0.3) is 0 Å². The third-order valence-corrected chi connectivity index (χ3v) is 5.30. The number of benzene rings is 3. The number of hydrogen-bond acceptors (Lipinski definition) is 3. The second kappa shape index (κ2) is 11.8. The quantitative estimate of drug-likeness (QED) is 0.398. The molecule has 0 saturated heterocycles. The van der Waals surface area contributed by atoms with Crippen molar-refractivity contribution < 1.29 is 14.3 Å². The molecular formula is C27H32N2O3. The maximum Gasteiger partial charge on any atom is 0.322 e. The number of nitrogens with zero attached hydrogens (tertiary/aromatic N) is 1. The largest absolute Gasteiger partial charge is 0.494 e. The lowest BCUT2D eigenvalue weighted by Gasteiger charge is -2.29. The highest BCUT2D eigenvalue weighted by Crippen LogP contribution is 2.20. The van der Waals surface area contributed by atoms with Gasteiger partial charge in [0.2, 0.25) is 0 Å². The van der Waals surface area contributed by atoms with Crippen molar-refractivity contribution in [3.8, 4) is 11.5 Å². The number of hydrogen-bond donors (Lipinski definition) is 1. The summed E-state index contributed by atoms with van der Waals surface area (Å²) in [6.45, 7) is 7.72. The van der Waals surface area contributed by atoms with Crippen molar-refractivity contribution in [3.05, 3.63) is 90.0 Å². The number of nitrogens with one attached hydrogen (secondary N) is 1. The van der Waals surface area contributed by atoms with Gasteiger partial charge in [-0.1, -0.05) is 49.4 Å². The van der Waals surface area contributed by atoms with Crippen LogP contribution < -0.4 is 14.8 Å². The molecule has 2 amide bonds. The van der Waals surface area contributed by atoms with Crippen LogP contribution in [0.2, 0.25) is 0 Å². The minimum absolute atomic E-state index is 0.0894. The molecule has 0 aliphatic heterocycles. The Kier molecular flexibility index (Phi) is 8.55. The second-order valence-electron chi connectivity index (χ2n) is 7.69. The van der Waals surface area contributed by atoms with E-state index in [2.05, 4.69) is 19.2 Å². The van der Waals surface area contributed by atoms with Crippen LogP contribution in [0.5, 0.6) is 11.5 Å². The van der Waals surface area contributed by atoms with Crippen molar-refractivity contribution in [2.24, 2.45) is 0 Å². The molecule has 32 heavy (non-hydrogen) atoms. The first-order chi connectivity index (χ1) is 15.6. The lowest BCUT2D eigenvalue weighted by Crippen LogP contribution is -2.40. The Morgan fingerprint density at radius 1 is 0.875 bits per heavy atom. The van der Waals surface area contributed by atoms with E-state index in [-0.39, 0.29) is 12.1 Å². The summed E-state index contributed by atoms with van der Waals surface area (Å²) in [5.41, 5.74) is 2.89. The van der Waals surface area contributed by atoms with E-state index in [0.717, 1.165) is 34.7 Å². The fourth-order valence-electron chi connectivity index (χ4n) is 3.32. The van der Waals surface area contributed by atoms with Crippen LogP contribution >= 0.6 is 0 Å². The standard InChI is InChI=1S/C27H32N2O3/c1-4-21(3)29(27(30)28-24-14-16-25(17-15-24)31-5-2)19-23-12-9-13-26(18-23)32-20-22-10-7-6-8-11-22/h6-18,21H,4-5,19-20H2,1-3H3,(H,28,30). The smallest absolute Gasteiger partial charge is 0.322 e. The van der Waals surface area contributed by atoms with Gasteiger partial charge >= 0.3 is 6.03 Å². The SMILES string of the molecule is CCOc1ccc(NC(=O)N(Cc2cccc(OCc3ccccc3)c2)C(C)CC)cc1. The molecule has 5 heteroatoms. The Balaban J connectivity index is 1.66. The van der Waals surface area contributed by atoms with E-state index in [1.807, 2.05) is 90.7 Å². The number of urea groups is 1. The van der Waals surface area contributed by atoms with Crippen LogP contribution in [0.1, 0.15) is 38.3 Å². The summed E-state index contributed by atoms with van der Waals surface area (Å²) in [6, 6.07) is 25.4. The average molecular weight is 433 g/mol. The van der Waals surface area contributed by atoms with Gasteiger partial charge in [-0.2, -0.15) is 0 Å². The highest BCUT2D eigenvalue weighted by Gasteiger charge is 2.20. The first kappa shape index (κ1) is 23.2. The minimum atomic E-state index is -0.126. The second-order valence-corrected chi connectivity index (χ2v) is 7.69. The van der Waals surface area contributed by atoms with Gasteiger partial charge in [-0.3, -0.25) is 0 Å². The molecule has 0 aliphatic rings. The maximum atomic E-state index is 13.1. The summed E-state index contributed by atoms with van der Waals surface area (Å²) >= 11 is 0. The van der Waals surface area contributed by atoms with Crippen molar-refractivity contribution in [3.63, 3.8) is 0 Å². The average Bonchev–Trinajstić information content (AvgIpc) is 2.83. The van der Waals surface area contributed by atoms with Crippen LogP contribution in [0.3, 0.4) is 0 Å². The first-order valence-corrected chi connectivity index (χ1v) is 11.1. The van der Waals surface area contributed by atoms with Gasteiger partial charge in [-0.25, -0.2) is 4.79 Å². The molecule has 0 aliphatic carbocycles. The van der Waals surface area contributed by atoms with Crippen LogP contribution in [-0.2, 0) is 13.2 Å². The number of carbonyl (C=O) groups is 1. The Morgan fingerprint density at radius 3 is 2.28 bits per heavy atom. The van der Waals surface area contributed by atoms with Crippen molar-refractivity contribution in [2.75, 3.05) is 11.9 Å². The molecule has 0 spiro atoms. The van der Waals surface area contributed by atoms with Gasteiger partial charge in [0.05, 0.1) is 6.61 Å². The summed E-state index contributed by atoms with van der Waals surface area (Å²) in [5.74, 6) is 1.58. The van der Waals surface area contributed by atoms with Gasteiger partial charge < -0.3 is 19.7 Å². The topological polar surface area (TPSA) is 50.8 Å². The Hall–Kier alpha value is -3.47. The number of carbonyl (C=O) groups excluding carboxylic acids is 1. The predicted octanol–water partition coefficient (Wildman–Crippen LogP) is 6.50. The molecule has 3 rings (SSSR count). The zero-order chi connectivity index (χ0) is 22.8. The molecule has 0 bridgehead atoms. The van der Waals surface area contributed by atoms with Crippen LogP contribution in [0, 0.1) is 0 Å². The Morgan fingerprint density at radius 2 is 1.59 bits per heavy atom. The fraction of sp³-hybridized carbons (Fsp3) is 0.296. The van der Waals surface area contributed by atoms with Crippen LogP contribution in [0.15, 0.2) is 78.9 Å². The molecule has 1 unspecified atom stereocenters. The van der Waals surface area contributed by atoms with Gasteiger partial charge in [-0.05, 0) is 67.8 Å². The monoisotopic (exact) mass is 432 g/mol. The van der Waals surface area contributed by atoms with Gasteiger partial charge in [0.15, 0.2) is 0 Å². The first-order valence-electron chi connectivity index (χ1n) is 11.1. The molecule has 0 fully saturated rings. The molecular weight excluding hydrogens is 400 g/mol. The Labute approximate surface area is 191 Å². The molecule has 168 valence electrons. The summed E-state index contributed by atoms with van der Waals surface area (Å²) < 4.78 is 11.4. The minimum Gasteiger partial charge on any atom is -0.494 e. The third-order valence-electron chi connectivity index (χ3n) is 5.30. The third kappa shape index (κ3) is 6.77. The molecule has 3 aromatic carbocycles. The van der Waals surface area contributed by atoms with Crippen molar-refractivity contribution in [1.29, 1.82) is 0 Å². The van der Waals surface area contributed by atoms with Gasteiger partial charge in [0, 0.05) is 18.3 Å². The fourth-order valence-corrected chi connectivity index (χ4v) is 3.32. The van der Waals surface area contributed by atoms with Gasteiger partial charge in [0.1, 0.15) is 18.1 Å².